The molecule has 152 valence electrons. The number of carbonyl (C=O) groups excluding carboxylic acids is 1. The highest BCUT2D eigenvalue weighted by Crippen LogP contribution is 2.18. The number of nitrogens with zero attached hydrogens (tertiary/aromatic N) is 3. The average Bonchev–Trinajstić information content (AvgIpc) is 3.14. The largest absolute Gasteiger partial charge is 0.345 e. The molecule has 1 heterocycles. The Morgan fingerprint density at radius 1 is 1.14 bits per heavy atom. The molecular weight excluding hydrogens is 399 g/mol. The number of hydrogen-bond donors (Lipinski definition) is 1. The Hall–Kier alpha value is -3.27. The number of benzene rings is 2. The van der Waals surface area contributed by atoms with Crippen LogP contribution in [0.5, 0.6) is 0 Å². The standard InChI is InChI=1S/C19H19FN4O4S/c1-13-3-5-14(6-4-13)19-22-18(28-23-19)11-21-17(25)12-24(29(2,26)27)16-9-7-15(20)8-10-16/h3-10H,11-12H2,1-2H3,(H,21,25). The summed E-state index contributed by atoms with van der Waals surface area (Å²) in [5.41, 5.74) is 2.06. The molecule has 1 amide bonds. The first-order chi connectivity index (χ1) is 13.7. The minimum absolute atomic E-state index is 0.0568. The molecule has 3 rings (SSSR count). The minimum atomic E-state index is -3.75. The molecule has 0 radical (unpaired) electrons. The Morgan fingerprint density at radius 2 is 1.79 bits per heavy atom. The molecule has 0 aliphatic carbocycles. The zero-order valence-electron chi connectivity index (χ0n) is 15.8. The number of halogens is 1. The SMILES string of the molecule is Cc1ccc(-c2noc(CNC(=O)CN(c3ccc(F)cc3)S(C)(=O)=O)n2)cc1. The molecule has 1 aromatic heterocycles. The van der Waals surface area contributed by atoms with Crippen molar-refractivity contribution >= 4 is 21.6 Å². The lowest BCUT2D eigenvalue weighted by Crippen LogP contribution is -2.40. The molecule has 8 nitrogen and oxygen atoms in total. The molecule has 0 bridgehead atoms. The maximum Gasteiger partial charge on any atom is 0.246 e. The molecule has 0 aliphatic rings. The van der Waals surface area contributed by atoms with Crippen LogP contribution in [-0.2, 0) is 21.4 Å². The van der Waals surface area contributed by atoms with Gasteiger partial charge in [-0.15, -0.1) is 0 Å². The fraction of sp³-hybridized carbons (Fsp3) is 0.211. The third kappa shape index (κ3) is 5.38. The first-order valence-electron chi connectivity index (χ1n) is 8.62. The van der Waals surface area contributed by atoms with Crippen molar-refractivity contribution in [1.82, 2.24) is 15.5 Å². The summed E-state index contributed by atoms with van der Waals surface area (Å²) in [6, 6.07) is 12.4. The van der Waals surface area contributed by atoms with Gasteiger partial charge < -0.3 is 9.84 Å². The van der Waals surface area contributed by atoms with Gasteiger partial charge in [0.1, 0.15) is 12.4 Å². The second kappa shape index (κ2) is 8.39. The van der Waals surface area contributed by atoms with Gasteiger partial charge in [0.2, 0.25) is 27.6 Å². The molecule has 3 aromatic rings. The molecule has 0 unspecified atom stereocenters. The summed E-state index contributed by atoms with van der Waals surface area (Å²) >= 11 is 0. The second-order valence-corrected chi connectivity index (χ2v) is 8.31. The molecule has 0 atom stereocenters. The van der Waals surface area contributed by atoms with Gasteiger partial charge in [-0.2, -0.15) is 4.98 Å². The highest BCUT2D eigenvalue weighted by molar-refractivity contribution is 7.92. The van der Waals surface area contributed by atoms with Crippen LogP contribution in [0.1, 0.15) is 11.5 Å². The Kier molecular flexibility index (Phi) is 5.92. The summed E-state index contributed by atoms with van der Waals surface area (Å²) in [5, 5.41) is 6.41. The van der Waals surface area contributed by atoms with Crippen molar-refractivity contribution in [3.8, 4) is 11.4 Å². The first-order valence-corrected chi connectivity index (χ1v) is 10.5. The van der Waals surface area contributed by atoms with E-state index in [0.717, 1.165) is 33.8 Å². The Balaban J connectivity index is 1.64. The molecule has 0 aliphatic heterocycles. The zero-order valence-corrected chi connectivity index (χ0v) is 16.6. The highest BCUT2D eigenvalue weighted by Gasteiger charge is 2.21. The number of anilines is 1. The van der Waals surface area contributed by atoms with Crippen LogP contribution >= 0.6 is 0 Å². The van der Waals surface area contributed by atoms with Gasteiger partial charge in [0.25, 0.3) is 0 Å². The van der Waals surface area contributed by atoms with Crippen LogP contribution < -0.4 is 9.62 Å². The second-order valence-electron chi connectivity index (χ2n) is 6.40. The predicted octanol–water partition coefficient (Wildman–Crippen LogP) is 2.27. The molecule has 0 fully saturated rings. The normalized spacial score (nSPS) is 11.3. The Morgan fingerprint density at radius 3 is 2.41 bits per heavy atom. The van der Waals surface area contributed by atoms with E-state index in [9.17, 15) is 17.6 Å². The molecule has 0 saturated carbocycles. The monoisotopic (exact) mass is 418 g/mol. The molecule has 0 spiro atoms. The van der Waals surface area contributed by atoms with Crippen molar-refractivity contribution in [3.63, 3.8) is 0 Å². The van der Waals surface area contributed by atoms with Gasteiger partial charge in [-0.25, -0.2) is 12.8 Å². The molecule has 0 saturated heterocycles. The van der Waals surface area contributed by atoms with Crippen LogP contribution in [0.4, 0.5) is 10.1 Å². The zero-order chi connectivity index (χ0) is 21.0. The van der Waals surface area contributed by atoms with E-state index in [1.165, 1.54) is 12.1 Å². The fourth-order valence-corrected chi connectivity index (χ4v) is 3.37. The van der Waals surface area contributed by atoms with Crippen molar-refractivity contribution in [2.45, 2.75) is 13.5 Å². The van der Waals surface area contributed by atoms with E-state index in [1.807, 2.05) is 31.2 Å². The summed E-state index contributed by atoms with van der Waals surface area (Å²) in [4.78, 5) is 16.5. The van der Waals surface area contributed by atoms with Crippen LogP contribution in [-0.4, -0.2) is 37.3 Å². The van der Waals surface area contributed by atoms with Crippen LogP contribution in [0.15, 0.2) is 53.1 Å². The van der Waals surface area contributed by atoms with E-state index >= 15 is 0 Å². The van der Waals surface area contributed by atoms with E-state index < -0.39 is 28.3 Å². The van der Waals surface area contributed by atoms with Crippen molar-refractivity contribution in [2.24, 2.45) is 0 Å². The topological polar surface area (TPSA) is 105 Å². The minimum Gasteiger partial charge on any atom is -0.345 e. The number of nitrogens with one attached hydrogen (secondary N) is 1. The van der Waals surface area contributed by atoms with Crippen molar-refractivity contribution in [2.75, 3.05) is 17.1 Å². The molecule has 2 aromatic carbocycles. The maximum atomic E-state index is 13.1. The van der Waals surface area contributed by atoms with Gasteiger partial charge in [0, 0.05) is 5.56 Å². The number of aryl methyl sites for hydroxylation is 1. The summed E-state index contributed by atoms with van der Waals surface area (Å²) in [6.07, 6.45) is 0.968. The average molecular weight is 418 g/mol. The number of amides is 1. The van der Waals surface area contributed by atoms with Gasteiger partial charge in [-0.3, -0.25) is 9.10 Å². The summed E-state index contributed by atoms with van der Waals surface area (Å²) in [5.74, 6) is -0.512. The number of rotatable bonds is 7. The molecule has 10 heteroatoms. The van der Waals surface area contributed by atoms with Crippen molar-refractivity contribution in [3.05, 3.63) is 65.8 Å². The van der Waals surface area contributed by atoms with Crippen molar-refractivity contribution < 1.29 is 22.1 Å². The quantitative estimate of drug-likeness (QED) is 0.631. The van der Waals surface area contributed by atoms with Crippen LogP contribution in [0.2, 0.25) is 0 Å². The van der Waals surface area contributed by atoms with E-state index in [4.69, 9.17) is 4.52 Å². The third-order valence-electron chi connectivity index (χ3n) is 4.02. The Labute approximate surface area is 167 Å². The Bertz CT molecular complexity index is 1100. The summed E-state index contributed by atoms with van der Waals surface area (Å²) < 4.78 is 43.1. The molecule has 1 N–H and O–H groups in total. The maximum absolute atomic E-state index is 13.1. The van der Waals surface area contributed by atoms with E-state index in [2.05, 4.69) is 15.5 Å². The third-order valence-corrected chi connectivity index (χ3v) is 5.16. The molecule has 29 heavy (non-hydrogen) atoms. The fourth-order valence-electron chi connectivity index (χ4n) is 2.51. The van der Waals surface area contributed by atoms with E-state index in [-0.39, 0.29) is 18.1 Å². The lowest BCUT2D eigenvalue weighted by Gasteiger charge is -2.21. The molecular formula is C19H19FN4O4S. The van der Waals surface area contributed by atoms with Gasteiger partial charge >= 0.3 is 0 Å². The predicted molar refractivity (Wildman–Crippen MR) is 105 cm³/mol. The smallest absolute Gasteiger partial charge is 0.246 e. The lowest BCUT2D eigenvalue weighted by atomic mass is 10.1. The van der Waals surface area contributed by atoms with Crippen LogP contribution in [0, 0.1) is 12.7 Å². The summed E-state index contributed by atoms with van der Waals surface area (Å²) in [6.45, 7) is 1.44. The lowest BCUT2D eigenvalue weighted by molar-refractivity contribution is -0.119. The van der Waals surface area contributed by atoms with Crippen LogP contribution in [0.3, 0.4) is 0 Å². The van der Waals surface area contributed by atoms with Gasteiger partial charge in [-0.05, 0) is 31.2 Å². The van der Waals surface area contributed by atoms with Gasteiger partial charge in [-0.1, -0.05) is 35.0 Å². The number of sulfonamides is 1. The van der Waals surface area contributed by atoms with E-state index in [1.54, 1.807) is 0 Å². The summed E-state index contributed by atoms with van der Waals surface area (Å²) in [7, 11) is -3.75. The number of aromatic nitrogens is 2. The van der Waals surface area contributed by atoms with Crippen LogP contribution in [0.25, 0.3) is 11.4 Å². The number of carbonyl (C=O) groups is 1. The van der Waals surface area contributed by atoms with E-state index in [0.29, 0.717) is 5.82 Å². The highest BCUT2D eigenvalue weighted by atomic mass is 32.2. The van der Waals surface area contributed by atoms with Gasteiger partial charge in [0.15, 0.2) is 0 Å². The first kappa shape index (κ1) is 20.5. The van der Waals surface area contributed by atoms with Crippen molar-refractivity contribution in [1.29, 1.82) is 0 Å². The van der Waals surface area contributed by atoms with Gasteiger partial charge in [0.05, 0.1) is 18.5 Å². The number of hydrogen-bond acceptors (Lipinski definition) is 6.